The molecule has 0 saturated heterocycles. The first kappa shape index (κ1) is 26.0. The Morgan fingerprint density at radius 1 is 1.03 bits per heavy atom. The van der Waals surface area contributed by atoms with Gasteiger partial charge in [-0.3, -0.25) is 0 Å². The fourth-order valence-corrected chi connectivity index (χ4v) is 3.81. The predicted molar refractivity (Wildman–Crippen MR) is 121 cm³/mol. The summed E-state index contributed by atoms with van der Waals surface area (Å²) >= 11 is 0. The largest absolute Gasteiger partial charge is 0.543 e. The number of rotatable bonds is 10. The van der Waals surface area contributed by atoms with E-state index in [9.17, 15) is 10.2 Å². The number of hydrogen-bond donors (Lipinski definition) is 2. The van der Waals surface area contributed by atoms with Crippen molar-refractivity contribution in [2.24, 2.45) is 0 Å². The molecule has 0 saturated carbocycles. The second-order valence-corrected chi connectivity index (χ2v) is 14.9. The summed E-state index contributed by atoms with van der Waals surface area (Å²) in [7, 11) is -0.415. The van der Waals surface area contributed by atoms with Gasteiger partial charge >= 0.3 is 0 Å². The van der Waals surface area contributed by atoms with E-state index in [-0.39, 0.29) is 17.7 Å². The van der Waals surface area contributed by atoms with Crippen molar-refractivity contribution >= 4 is 8.32 Å². The van der Waals surface area contributed by atoms with Crippen LogP contribution in [0.15, 0.2) is 12.1 Å². The van der Waals surface area contributed by atoms with Crippen LogP contribution in [-0.4, -0.2) is 44.1 Å². The normalized spacial score (nSPS) is 15.2. The van der Waals surface area contributed by atoms with E-state index in [0.717, 1.165) is 29.0 Å². The van der Waals surface area contributed by atoms with Crippen LogP contribution in [0.5, 0.6) is 11.5 Å². The molecular formula is C23H42O5Si. The average molecular weight is 427 g/mol. The van der Waals surface area contributed by atoms with Gasteiger partial charge in [-0.25, -0.2) is 0 Å². The zero-order valence-electron chi connectivity index (χ0n) is 20.0. The highest BCUT2D eigenvalue weighted by Gasteiger charge is 2.39. The maximum Gasteiger partial charge on any atom is 0.250 e. The average Bonchev–Trinajstić information content (AvgIpc) is 2.56. The van der Waals surface area contributed by atoms with E-state index in [1.165, 1.54) is 0 Å². The molecule has 1 rings (SSSR count). The molecule has 0 aliphatic carbocycles. The van der Waals surface area contributed by atoms with Crippen molar-refractivity contribution in [3.05, 3.63) is 23.3 Å². The Hall–Kier alpha value is -1.08. The van der Waals surface area contributed by atoms with Crippen LogP contribution in [0.1, 0.15) is 71.4 Å². The zero-order chi connectivity index (χ0) is 22.6. The molecule has 2 atom stereocenters. The molecule has 1 aromatic rings. The van der Waals surface area contributed by atoms with E-state index < -0.39 is 20.0 Å². The highest BCUT2D eigenvalue weighted by Crippen LogP contribution is 2.42. The quantitative estimate of drug-likeness (QED) is 0.388. The first-order valence-corrected chi connectivity index (χ1v) is 13.4. The summed E-state index contributed by atoms with van der Waals surface area (Å²) in [5, 5.41) is 20.4. The molecule has 0 aromatic heterocycles. The SMILES string of the molecule is COCOc1cc(C(C)CCC(O)C(C)(C)O)c(O[Si](C)(C)C(C)(C)C)cc1C. The molecule has 0 bridgehead atoms. The van der Waals surface area contributed by atoms with Crippen molar-refractivity contribution in [2.75, 3.05) is 13.9 Å². The summed E-state index contributed by atoms with van der Waals surface area (Å²) in [5.74, 6) is 1.81. The third kappa shape index (κ3) is 7.28. The third-order valence-electron chi connectivity index (χ3n) is 6.03. The van der Waals surface area contributed by atoms with E-state index in [0.29, 0.717) is 6.42 Å². The Balaban J connectivity index is 3.24. The van der Waals surface area contributed by atoms with E-state index in [2.05, 4.69) is 46.9 Å². The van der Waals surface area contributed by atoms with Gasteiger partial charge in [-0.2, -0.15) is 0 Å². The standard InChI is InChI=1S/C23H42O5Si/c1-16(11-12-21(24)23(6,7)25)18-14-19(27-15-26-8)17(2)13-20(18)28-29(9,10)22(3,4)5/h13-14,16,21,24-25H,11-12,15H2,1-10H3. The van der Waals surface area contributed by atoms with Gasteiger partial charge in [0.2, 0.25) is 8.32 Å². The summed E-state index contributed by atoms with van der Waals surface area (Å²) in [6, 6.07) is 4.10. The smallest absolute Gasteiger partial charge is 0.250 e. The molecule has 0 amide bonds. The van der Waals surface area contributed by atoms with Crippen LogP contribution in [0, 0.1) is 6.92 Å². The molecule has 1 aromatic carbocycles. The van der Waals surface area contributed by atoms with Gasteiger partial charge in [0.25, 0.3) is 0 Å². The molecule has 29 heavy (non-hydrogen) atoms. The van der Waals surface area contributed by atoms with Crippen LogP contribution in [0.4, 0.5) is 0 Å². The van der Waals surface area contributed by atoms with Gasteiger partial charge in [-0.15, -0.1) is 0 Å². The van der Waals surface area contributed by atoms with Crippen molar-refractivity contribution in [1.82, 2.24) is 0 Å². The lowest BCUT2D eigenvalue weighted by Crippen LogP contribution is -2.44. The Kier molecular flexibility index (Phi) is 8.78. The molecule has 0 aliphatic heterocycles. The molecule has 0 fully saturated rings. The van der Waals surface area contributed by atoms with Crippen LogP contribution in [-0.2, 0) is 4.74 Å². The van der Waals surface area contributed by atoms with Gasteiger partial charge in [-0.05, 0) is 80.9 Å². The minimum Gasteiger partial charge on any atom is -0.543 e. The summed E-state index contributed by atoms with van der Waals surface area (Å²) in [6.07, 6.45) is 0.461. The summed E-state index contributed by atoms with van der Waals surface area (Å²) in [4.78, 5) is 0. The Morgan fingerprint density at radius 2 is 1.62 bits per heavy atom. The molecule has 5 nitrogen and oxygen atoms in total. The molecular weight excluding hydrogens is 384 g/mol. The number of aliphatic hydroxyl groups excluding tert-OH is 1. The van der Waals surface area contributed by atoms with Crippen LogP contribution < -0.4 is 9.16 Å². The second kappa shape index (κ2) is 9.82. The molecule has 2 unspecified atom stereocenters. The maximum absolute atomic E-state index is 10.2. The van der Waals surface area contributed by atoms with Gasteiger partial charge < -0.3 is 24.1 Å². The van der Waals surface area contributed by atoms with Crippen molar-refractivity contribution in [1.29, 1.82) is 0 Å². The van der Waals surface area contributed by atoms with E-state index >= 15 is 0 Å². The third-order valence-corrected chi connectivity index (χ3v) is 10.4. The Morgan fingerprint density at radius 3 is 2.10 bits per heavy atom. The number of aliphatic hydroxyl groups is 2. The molecule has 0 radical (unpaired) electrons. The van der Waals surface area contributed by atoms with Crippen LogP contribution >= 0.6 is 0 Å². The van der Waals surface area contributed by atoms with Gasteiger partial charge in [-0.1, -0.05) is 27.7 Å². The van der Waals surface area contributed by atoms with Gasteiger partial charge in [0.1, 0.15) is 11.5 Å². The first-order valence-electron chi connectivity index (χ1n) is 10.5. The van der Waals surface area contributed by atoms with Crippen molar-refractivity contribution in [3.63, 3.8) is 0 Å². The number of aryl methyl sites for hydroxylation is 1. The number of hydrogen-bond acceptors (Lipinski definition) is 5. The van der Waals surface area contributed by atoms with E-state index in [1.807, 2.05) is 13.0 Å². The number of ether oxygens (including phenoxy) is 2. The topological polar surface area (TPSA) is 68.2 Å². The number of benzene rings is 1. The van der Waals surface area contributed by atoms with Crippen LogP contribution in [0.2, 0.25) is 18.1 Å². The summed E-state index contributed by atoms with van der Waals surface area (Å²) in [6.45, 7) is 18.8. The van der Waals surface area contributed by atoms with Crippen molar-refractivity contribution < 1.29 is 24.1 Å². The number of methoxy groups -OCH3 is 1. The zero-order valence-corrected chi connectivity index (χ0v) is 21.0. The van der Waals surface area contributed by atoms with Crippen LogP contribution in [0.25, 0.3) is 0 Å². The van der Waals surface area contributed by atoms with Gasteiger partial charge in [0.05, 0.1) is 11.7 Å². The monoisotopic (exact) mass is 426 g/mol. The lowest BCUT2D eigenvalue weighted by atomic mass is 9.89. The van der Waals surface area contributed by atoms with Gasteiger partial charge in [0.15, 0.2) is 6.79 Å². The van der Waals surface area contributed by atoms with Crippen LogP contribution in [0.3, 0.4) is 0 Å². The first-order chi connectivity index (χ1) is 13.1. The highest BCUT2D eigenvalue weighted by atomic mass is 28.4. The minimum absolute atomic E-state index is 0.0870. The lowest BCUT2D eigenvalue weighted by Gasteiger charge is -2.37. The van der Waals surface area contributed by atoms with E-state index in [4.69, 9.17) is 13.9 Å². The molecule has 2 N–H and O–H groups in total. The predicted octanol–water partition coefficient (Wildman–Crippen LogP) is 5.38. The fourth-order valence-electron chi connectivity index (χ4n) is 2.77. The molecule has 168 valence electrons. The fraction of sp³-hybridized carbons (Fsp3) is 0.739. The molecule has 0 aliphatic rings. The maximum atomic E-state index is 10.2. The molecule has 0 spiro atoms. The Labute approximate surface area is 178 Å². The van der Waals surface area contributed by atoms with E-state index in [1.54, 1.807) is 21.0 Å². The lowest BCUT2D eigenvalue weighted by molar-refractivity contribution is -0.0525. The molecule has 0 heterocycles. The van der Waals surface area contributed by atoms with Gasteiger partial charge in [0, 0.05) is 7.11 Å². The summed E-state index contributed by atoms with van der Waals surface area (Å²) in [5.41, 5.74) is 0.956. The molecule has 6 heteroatoms. The van der Waals surface area contributed by atoms with Crippen molar-refractivity contribution in [2.45, 2.75) is 97.1 Å². The second-order valence-electron chi connectivity index (χ2n) is 10.2. The Bertz CT molecular complexity index is 658. The summed E-state index contributed by atoms with van der Waals surface area (Å²) < 4.78 is 17.5. The van der Waals surface area contributed by atoms with Crippen molar-refractivity contribution in [3.8, 4) is 11.5 Å². The minimum atomic E-state index is -2.02. The highest BCUT2D eigenvalue weighted by molar-refractivity contribution is 6.74.